The molecule has 2 aliphatic rings. The maximum absolute atomic E-state index is 6.23. The summed E-state index contributed by atoms with van der Waals surface area (Å²) < 4.78 is 17.8. The molecule has 2 atom stereocenters. The molecule has 2 fully saturated rings. The number of para-hydroxylation sites is 1. The van der Waals surface area contributed by atoms with Gasteiger partial charge in [-0.2, -0.15) is 0 Å². The van der Waals surface area contributed by atoms with Crippen LogP contribution in [0, 0.1) is 0 Å². The smallest absolute Gasteiger partial charge is 0.172 e. The Morgan fingerprint density at radius 1 is 1.30 bits per heavy atom. The van der Waals surface area contributed by atoms with E-state index in [1.807, 2.05) is 18.2 Å². The van der Waals surface area contributed by atoms with Crippen LogP contribution in [0.4, 0.5) is 0 Å². The molecular weight excluding hydrogens is 254 g/mol. The summed E-state index contributed by atoms with van der Waals surface area (Å²) in [7, 11) is 0. The molecule has 1 aromatic carbocycles. The Hall–Kier alpha value is -1.10. The number of hydrogen-bond donors (Lipinski definition) is 1. The van der Waals surface area contributed by atoms with Gasteiger partial charge in [0.05, 0.1) is 13.2 Å². The molecule has 1 saturated heterocycles. The predicted molar refractivity (Wildman–Crippen MR) is 76.7 cm³/mol. The van der Waals surface area contributed by atoms with Crippen LogP contribution in [0.5, 0.6) is 5.75 Å². The summed E-state index contributed by atoms with van der Waals surface area (Å²) in [6.07, 6.45) is 3.36. The van der Waals surface area contributed by atoms with Crippen molar-refractivity contribution in [2.24, 2.45) is 5.73 Å². The molecular formula is C16H23NO3. The first-order chi connectivity index (χ1) is 9.72. The standard InChI is InChI=1S/C16H23NO3/c1-2-12-5-3-4-6-14(12)20-15-11-16(8-7-13(15)17)18-9-10-19-16/h3-6,13,15H,2,7-11,17H2,1H3. The lowest BCUT2D eigenvalue weighted by Gasteiger charge is -2.39. The van der Waals surface area contributed by atoms with E-state index in [-0.39, 0.29) is 12.1 Å². The number of nitrogens with two attached hydrogens (primary N) is 1. The molecule has 1 aliphatic carbocycles. The summed E-state index contributed by atoms with van der Waals surface area (Å²) in [4.78, 5) is 0. The third kappa shape index (κ3) is 2.68. The highest BCUT2D eigenvalue weighted by molar-refractivity contribution is 5.33. The van der Waals surface area contributed by atoms with Crippen LogP contribution in [0.15, 0.2) is 24.3 Å². The van der Waals surface area contributed by atoms with E-state index in [4.69, 9.17) is 19.9 Å². The molecule has 1 heterocycles. The van der Waals surface area contributed by atoms with E-state index in [0.717, 1.165) is 25.0 Å². The minimum absolute atomic E-state index is 0.0401. The van der Waals surface area contributed by atoms with E-state index in [2.05, 4.69) is 13.0 Å². The lowest BCUT2D eigenvalue weighted by molar-refractivity contribution is -0.195. The van der Waals surface area contributed by atoms with E-state index in [9.17, 15) is 0 Å². The van der Waals surface area contributed by atoms with Gasteiger partial charge in [-0.05, 0) is 24.5 Å². The fourth-order valence-electron chi connectivity index (χ4n) is 3.09. The van der Waals surface area contributed by atoms with Gasteiger partial charge in [-0.3, -0.25) is 0 Å². The van der Waals surface area contributed by atoms with Crippen LogP contribution in [0.3, 0.4) is 0 Å². The molecule has 4 nitrogen and oxygen atoms in total. The summed E-state index contributed by atoms with van der Waals surface area (Å²) in [6, 6.07) is 8.20. The van der Waals surface area contributed by atoms with Gasteiger partial charge in [0.2, 0.25) is 0 Å². The second-order valence-electron chi connectivity index (χ2n) is 5.63. The summed E-state index contributed by atoms with van der Waals surface area (Å²) >= 11 is 0. The Labute approximate surface area is 120 Å². The average Bonchev–Trinajstić information content (AvgIpc) is 2.92. The number of benzene rings is 1. The highest BCUT2D eigenvalue weighted by atomic mass is 16.7. The van der Waals surface area contributed by atoms with E-state index >= 15 is 0 Å². The fraction of sp³-hybridized carbons (Fsp3) is 0.625. The molecule has 2 unspecified atom stereocenters. The number of ether oxygens (including phenoxy) is 3. The van der Waals surface area contributed by atoms with Crippen molar-refractivity contribution in [1.82, 2.24) is 0 Å². The average molecular weight is 277 g/mol. The number of hydrogen-bond acceptors (Lipinski definition) is 4. The van der Waals surface area contributed by atoms with Gasteiger partial charge < -0.3 is 19.9 Å². The molecule has 0 bridgehead atoms. The molecule has 1 aliphatic heterocycles. The first kappa shape index (κ1) is 13.9. The third-order valence-corrected chi connectivity index (χ3v) is 4.29. The van der Waals surface area contributed by atoms with Crippen molar-refractivity contribution in [2.75, 3.05) is 13.2 Å². The summed E-state index contributed by atoms with van der Waals surface area (Å²) in [6.45, 7) is 3.48. The number of rotatable bonds is 3. The maximum Gasteiger partial charge on any atom is 0.172 e. The van der Waals surface area contributed by atoms with Gasteiger partial charge in [0, 0.05) is 18.9 Å². The van der Waals surface area contributed by atoms with Crippen LogP contribution in [0.25, 0.3) is 0 Å². The zero-order valence-electron chi connectivity index (χ0n) is 12.0. The van der Waals surface area contributed by atoms with Crippen LogP contribution >= 0.6 is 0 Å². The van der Waals surface area contributed by atoms with E-state index in [1.54, 1.807) is 0 Å². The normalized spacial score (nSPS) is 28.7. The molecule has 3 rings (SSSR count). The molecule has 1 saturated carbocycles. The highest BCUT2D eigenvalue weighted by Gasteiger charge is 2.45. The zero-order chi connectivity index (χ0) is 14.0. The van der Waals surface area contributed by atoms with Crippen molar-refractivity contribution in [2.45, 2.75) is 50.5 Å². The van der Waals surface area contributed by atoms with Gasteiger partial charge >= 0.3 is 0 Å². The molecule has 0 radical (unpaired) electrons. The van der Waals surface area contributed by atoms with Crippen molar-refractivity contribution < 1.29 is 14.2 Å². The summed E-state index contributed by atoms with van der Waals surface area (Å²) in [5.74, 6) is 0.479. The monoisotopic (exact) mass is 277 g/mol. The van der Waals surface area contributed by atoms with Crippen LogP contribution in [0.1, 0.15) is 31.7 Å². The third-order valence-electron chi connectivity index (χ3n) is 4.29. The van der Waals surface area contributed by atoms with Crippen LogP contribution in [0.2, 0.25) is 0 Å². The summed E-state index contributed by atoms with van der Waals surface area (Å²) in [5.41, 5.74) is 7.45. The molecule has 0 aromatic heterocycles. The molecule has 1 aromatic rings. The largest absolute Gasteiger partial charge is 0.488 e. The first-order valence-corrected chi connectivity index (χ1v) is 7.50. The fourth-order valence-corrected chi connectivity index (χ4v) is 3.09. The second-order valence-corrected chi connectivity index (χ2v) is 5.63. The minimum Gasteiger partial charge on any atom is -0.488 e. The minimum atomic E-state index is -0.457. The van der Waals surface area contributed by atoms with Crippen molar-refractivity contribution in [1.29, 1.82) is 0 Å². The summed E-state index contributed by atoms with van der Waals surface area (Å²) in [5, 5.41) is 0. The lowest BCUT2D eigenvalue weighted by atomic mass is 9.88. The Kier molecular flexibility index (Phi) is 3.96. The Bertz CT molecular complexity index is 457. The van der Waals surface area contributed by atoms with Crippen LogP contribution in [-0.2, 0) is 15.9 Å². The number of aryl methyl sites for hydroxylation is 1. The Morgan fingerprint density at radius 3 is 2.80 bits per heavy atom. The topological polar surface area (TPSA) is 53.7 Å². The highest BCUT2D eigenvalue weighted by Crippen LogP contribution is 2.37. The van der Waals surface area contributed by atoms with Gasteiger partial charge in [-0.1, -0.05) is 25.1 Å². The van der Waals surface area contributed by atoms with E-state index in [0.29, 0.717) is 19.6 Å². The molecule has 0 amide bonds. The van der Waals surface area contributed by atoms with Crippen LogP contribution in [-0.4, -0.2) is 31.1 Å². The van der Waals surface area contributed by atoms with E-state index in [1.165, 1.54) is 5.56 Å². The van der Waals surface area contributed by atoms with Gasteiger partial charge in [0.15, 0.2) is 5.79 Å². The Balaban J connectivity index is 1.74. The second kappa shape index (κ2) is 5.72. The Morgan fingerprint density at radius 2 is 2.05 bits per heavy atom. The predicted octanol–water partition coefficient (Wildman–Crippen LogP) is 2.25. The van der Waals surface area contributed by atoms with Crippen molar-refractivity contribution in [3.05, 3.63) is 29.8 Å². The quantitative estimate of drug-likeness (QED) is 0.920. The van der Waals surface area contributed by atoms with Crippen molar-refractivity contribution in [3.63, 3.8) is 0 Å². The van der Waals surface area contributed by atoms with Gasteiger partial charge in [0.25, 0.3) is 0 Å². The molecule has 20 heavy (non-hydrogen) atoms. The molecule has 4 heteroatoms. The lowest BCUT2D eigenvalue weighted by Crippen LogP contribution is -2.51. The SMILES string of the molecule is CCc1ccccc1OC1CC2(CCC1N)OCCO2. The van der Waals surface area contributed by atoms with Crippen molar-refractivity contribution in [3.8, 4) is 5.75 Å². The van der Waals surface area contributed by atoms with Gasteiger partial charge in [-0.15, -0.1) is 0 Å². The van der Waals surface area contributed by atoms with Crippen molar-refractivity contribution >= 4 is 0 Å². The van der Waals surface area contributed by atoms with Gasteiger partial charge in [-0.25, -0.2) is 0 Å². The zero-order valence-corrected chi connectivity index (χ0v) is 12.0. The maximum atomic E-state index is 6.23. The van der Waals surface area contributed by atoms with Crippen LogP contribution < -0.4 is 10.5 Å². The molecule has 110 valence electrons. The van der Waals surface area contributed by atoms with Gasteiger partial charge in [0.1, 0.15) is 11.9 Å². The molecule has 1 spiro atoms. The first-order valence-electron chi connectivity index (χ1n) is 7.50. The van der Waals surface area contributed by atoms with E-state index < -0.39 is 5.79 Å². The molecule has 2 N–H and O–H groups in total.